The minimum atomic E-state index is -0.288. The van der Waals surface area contributed by atoms with E-state index in [9.17, 15) is 9.59 Å². The zero-order valence-corrected chi connectivity index (χ0v) is 16.5. The maximum atomic E-state index is 13.2. The van der Waals surface area contributed by atoms with E-state index in [1.807, 2.05) is 55.5 Å². The fourth-order valence-electron chi connectivity index (χ4n) is 3.32. The number of amides is 2. The number of carbonyl (C=O) groups excluding carboxylic acids is 1. The molecule has 30 heavy (non-hydrogen) atoms. The maximum Gasteiger partial charge on any atom is 0.330 e. The van der Waals surface area contributed by atoms with Crippen molar-refractivity contribution in [2.24, 2.45) is 0 Å². The van der Waals surface area contributed by atoms with Gasteiger partial charge in [0.15, 0.2) is 0 Å². The van der Waals surface area contributed by atoms with Crippen LogP contribution >= 0.6 is 0 Å². The Balaban J connectivity index is 1.62. The third-order valence-corrected chi connectivity index (χ3v) is 4.78. The molecule has 0 fully saturated rings. The molecule has 0 aliphatic heterocycles. The number of aryl methyl sites for hydroxylation is 1. The molecule has 0 saturated carbocycles. The van der Waals surface area contributed by atoms with Gasteiger partial charge in [0.2, 0.25) is 0 Å². The number of para-hydroxylation sites is 2. The lowest BCUT2D eigenvalue weighted by molar-refractivity contribution is 0.201. The fourth-order valence-corrected chi connectivity index (χ4v) is 3.32. The second kappa shape index (κ2) is 8.57. The predicted octanol–water partition coefficient (Wildman–Crippen LogP) is 4.30. The number of aromatic amines is 1. The Morgan fingerprint density at radius 2 is 1.80 bits per heavy atom. The third kappa shape index (κ3) is 4.20. The van der Waals surface area contributed by atoms with Crippen LogP contribution in [0.1, 0.15) is 17.0 Å². The number of hydrogen-bond acceptors (Lipinski definition) is 3. The Hall–Kier alpha value is -4.00. The molecule has 0 aliphatic rings. The van der Waals surface area contributed by atoms with E-state index in [1.165, 1.54) is 4.57 Å². The van der Waals surface area contributed by atoms with Crippen LogP contribution in [-0.2, 0) is 13.1 Å². The molecular weight excluding hydrogens is 380 g/mol. The highest BCUT2D eigenvalue weighted by molar-refractivity contribution is 5.91. The van der Waals surface area contributed by atoms with Crippen LogP contribution in [0.2, 0.25) is 0 Å². The van der Waals surface area contributed by atoms with Crippen molar-refractivity contribution in [3.8, 4) is 5.69 Å². The normalized spacial score (nSPS) is 10.7. The number of benzene rings is 2. The number of anilines is 1. The van der Waals surface area contributed by atoms with E-state index in [4.69, 9.17) is 4.42 Å². The Morgan fingerprint density at radius 1 is 1.03 bits per heavy atom. The van der Waals surface area contributed by atoms with Gasteiger partial charge in [-0.1, -0.05) is 42.5 Å². The van der Waals surface area contributed by atoms with Gasteiger partial charge in [-0.2, -0.15) is 0 Å². The summed E-state index contributed by atoms with van der Waals surface area (Å²) in [4.78, 5) is 29.8. The summed E-state index contributed by atoms with van der Waals surface area (Å²) in [6.45, 7) is 2.56. The van der Waals surface area contributed by atoms with Gasteiger partial charge in [-0.25, -0.2) is 9.59 Å². The molecule has 4 aromatic rings. The monoisotopic (exact) mass is 402 g/mol. The van der Waals surface area contributed by atoms with Gasteiger partial charge in [0.05, 0.1) is 24.2 Å². The van der Waals surface area contributed by atoms with Crippen molar-refractivity contribution in [2.75, 3.05) is 5.32 Å². The third-order valence-electron chi connectivity index (χ3n) is 4.78. The van der Waals surface area contributed by atoms with Crippen molar-refractivity contribution in [1.82, 2.24) is 14.5 Å². The van der Waals surface area contributed by atoms with Gasteiger partial charge in [0, 0.05) is 18.4 Å². The minimum Gasteiger partial charge on any atom is -0.467 e. The molecule has 2 aromatic heterocycles. The Labute approximate surface area is 173 Å². The number of urea groups is 1. The highest BCUT2D eigenvalue weighted by Crippen LogP contribution is 2.21. The first-order valence-corrected chi connectivity index (χ1v) is 9.60. The van der Waals surface area contributed by atoms with Gasteiger partial charge < -0.3 is 19.6 Å². The molecule has 0 atom stereocenters. The number of aromatic nitrogens is 2. The number of hydrogen-bond donors (Lipinski definition) is 2. The van der Waals surface area contributed by atoms with Gasteiger partial charge in [-0.05, 0) is 36.8 Å². The molecule has 7 nitrogen and oxygen atoms in total. The number of H-pyrrole nitrogens is 1. The van der Waals surface area contributed by atoms with E-state index >= 15 is 0 Å². The molecule has 2 N–H and O–H groups in total. The molecule has 0 saturated heterocycles. The van der Waals surface area contributed by atoms with E-state index in [-0.39, 0.29) is 11.7 Å². The van der Waals surface area contributed by atoms with Crippen molar-refractivity contribution < 1.29 is 9.21 Å². The van der Waals surface area contributed by atoms with Crippen LogP contribution < -0.4 is 11.0 Å². The molecule has 2 heterocycles. The summed E-state index contributed by atoms with van der Waals surface area (Å²) in [7, 11) is 0. The predicted molar refractivity (Wildman–Crippen MR) is 115 cm³/mol. The van der Waals surface area contributed by atoms with Gasteiger partial charge in [-0.3, -0.25) is 4.57 Å². The Bertz CT molecular complexity index is 1180. The van der Waals surface area contributed by atoms with Crippen LogP contribution in [0.5, 0.6) is 0 Å². The van der Waals surface area contributed by atoms with Gasteiger partial charge in [0.25, 0.3) is 0 Å². The molecule has 152 valence electrons. The molecule has 0 radical (unpaired) electrons. The van der Waals surface area contributed by atoms with Crippen molar-refractivity contribution in [3.05, 3.63) is 107 Å². The maximum absolute atomic E-state index is 13.2. The number of nitrogens with zero attached hydrogens (tertiary/aromatic N) is 2. The van der Waals surface area contributed by atoms with Crippen LogP contribution in [-0.4, -0.2) is 20.5 Å². The van der Waals surface area contributed by atoms with Crippen molar-refractivity contribution in [2.45, 2.75) is 20.0 Å². The first kappa shape index (κ1) is 19.3. The summed E-state index contributed by atoms with van der Waals surface area (Å²) >= 11 is 0. The van der Waals surface area contributed by atoms with E-state index in [0.29, 0.717) is 30.2 Å². The van der Waals surface area contributed by atoms with Crippen LogP contribution in [0, 0.1) is 6.92 Å². The zero-order chi connectivity index (χ0) is 20.9. The smallest absolute Gasteiger partial charge is 0.330 e. The number of rotatable bonds is 6. The fraction of sp³-hybridized carbons (Fsp3) is 0.130. The Kier molecular flexibility index (Phi) is 5.52. The number of carbonyl (C=O) groups is 1. The largest absolute Gasteiger partial charge is 0.467 e. The van der Waals surface area contributed by atoms with E-state index in [1.54, 1.807) is 35.6 Å². The summed E-state index contributed by atoms with van der Waals surface area (Å²) < 4.78 is 6.98. The average molecular weight is 402 g/mol. The second-order valence-electron chi connectivity index (χ2n) is 6.94. The highest BCUT2D eigenvalue weighted by Gasteiger charge is 2.18. The minimum absolute atomic E-state index is 0.258. The molecule has 7 heteroatoms. The molecule has 2 aromatic carbocycles. The first-order chi connectivity index (χ1) is 14.6. The van der Waals surface area contributed by atoms with E-state index < -0.39 is 0 Å². The second-order valence-corrected chi connectivity index (χ2v) is 6.94. The SMILES string of the molecule is Cc1c[nH]c(=O)n1-c1ccccc1NC(=O)N(Cc1ccccc1)Cc1ccco1. The van der Waals surface area contributed by atoms with Crippen LogP contribution in [0.3, 0.4) is 0 Å². The van der Waals surface area contributed by atoms with E-state index in [0.717, 1.165) is 11.3 Å². The molecule has 0 spiro atoms. The van der Waals surface area contributed by atoms with Crippen LogP contribution in [0.25, 0.3) is 5.69 Å². The quantitative estimate of drug-likeness (QED) is 0.504. The number of imidazole rings is 1. The number of nitrogens with one attached hydrogen (secondary N) is 2. The summed E-state index contributed by atoms with van der Waals surface area (Å²) in [5.41, 5.74) is 2.65. The molecule has 2 amide bonds. The van der Waals surface area contributed by atoms with Crippen molar-refractivity contribution >= 4 is 11.7 Å². The Morgan fingerprint density at radius 3 is 2.50 bits per heavy atom. The average Bonchev–Trinajstić information content (AvgIpc) is 3.38. The summed E-state index contributed by atoms with van der Waals surface area (Å²) in [6.07, 6.45) is 3.23. The molecule has 0 bridgehead atoms. The van der Waals surface area contributed by atoms with Crippen LogP contribution in [0.4, 0.5) is 10.5 Å². The highest BCUT2D eigenvalue weighted by atomic mass is 16.3. The van der Waals surface area contributed by atoms with Crippen molar-refractivity contribution in [1.29, 1.82) is 0 Å². The molecule has 0 unspecified atom stereocenters. The van der Waals surface area contributed by atoms with Crippen LogP contribution in [0.15, 0.2) is 88.4 Å². The topological polar surface area (TPSA) is 83.3 Å². The molecule has 0 aliphatic carbocycles. The zero-order valence-electron chi connectivity index (χ0n) is 16.5. The molecule has 4 rings (SSSR count). The van der Waals surface area contributed by atoms with Gasteiger partial charge in [-0.15, -0.1) is 0 Å². The van der Waals surface area contributed by atoms with Crippen molar-refractivity contribution in [3.63, 3.8) is 0 Å². The lowest BCUT2D eigenvalue weighted by Crippen LogP contribution is -2.34. The van der Waals surface area contributed by atoms with Gasteiger partial charge in [0.1, 0.15) is 5.76 Å². The first-order valence-electron chi connectivity index (χ1n) is 9.60. The van der Waals surface area contributed by atoms with E-state index in [2.05, 4.69) is 10.3 Å². The lowest BCUT2D eigenvalue weighted by Gasteiger charge is -2.23. The molecular formula is C23H22N4O3. The standard InChI is InChI=1S/C23H22N4O3/c1-17-14-24-22(28)27(17)21-12-6-5-11-20(21)25-23(29)26(16-19-10-7-13-30-19)15-18-8-3-2-4-9-18/h2-14H,15-16H2,1H3,(H,24,28)(H,25,29). The summed E-state index contributed by atoms with van der Waals surface area (Å²) in [5, 5.41) is 2.96. The van der Waals surface area contributed by atoms with Gasteiger partial charge >= 0.3 is 11.7 Å². The number of furan rings is 1. The summed E-state index contributed by atoms with van der Waals surface area (Å²) in [6, 6.07) is 20.3. The summed E-state index contributed by atoms with van der Waals surface area (Å²) in [5.74, 6) is 0.687. The lowest BCUT2D eigenvalue weighted by atomic mass is 10.2.